The van der Waals surface area contributed by atoms with Gasteiger partial charge < -0.3 is 15.0 Å². The maximum Gasteiger partial charge on any atom is 0.410 e. The predicted octanol–water partition coefficient (Wildman–Crippen LogP) is 4.08. The maximum absolute atomic E-state index is 12.5. The molecule has 0 aromatic heterocycles. The first-order chi connectivity index (χ1) is 12.1. The van der Waals surface area contributed by atoms with Gasteiger partial charge in [-0.1, -0.05) is 0 Å². The summed E-state index contributed by atoms with van der Waals surface area (Å²) in [4.78, 5) is 37.7. The lowest BCUT2D eigenvalue weighted by atomic mass is 9.96. The number of halogens is 1. The molecular weight excluding hydrogens is 447 g/mol. The van der Waals surface area contributed by atoms with Crippen LogP contribution in [0.4, 0.5) is 10.5 Å². The van der Waals surface area contributed by atoms with Crippen molar-refractivity contribution < 1.29 is 19.1 Å². The van der Waals surface area contributed by atoms with Gasteiger partial charge in [-0.25, -0.2) is 4.79 Å². The van der Waals surface area contributed by atoms with Gasteiger partial charge in [0.1, 0.15) is 5.60 Å². The molecule has 1 saturated heterocycles. The van der Waals surface area contributed by atoms with E-state index in [4.69, 9.17) is 4.74 Å². The molecule has 6 nitrogen and oxygen atoms in total. The molecule has 0 unspecified atom stereocenters. The fourth-order valence-electron chi connectivity index (χ4n) is 2.72. The van der Waals surface area contributed by atoms with Crippen LogP contribution in [0.1, 0.15) is 50.9 Å². The zero-order chi connectivity index (χ0) is 19.5. The molecule has 1 fully saturated rings. The van der Waals surface area contributed by atoms with Crippen LogP contribution < -0.4 is 5.32 Å². The summed E-state index contributed by atoms with van der Waals surface area (Å²) in [6.07, 6.45) is 0.881. The van der Waals surface area contributed by atoms with Crippen LogP contribution in [0.3, 0.4) is 0 Å². The van der Waals surface area contributed by atoms with Gasteiger partial charge in [-0.3, -0.25) is 9.59 Å². The number of likely N-dealkylation sites (tertiary alicyclic amines) is 1. The third-order valence-electron chi connectivity index (χ3n) is 4.15. The van der Waals surface area contributed by atoms with Gasteiger partial charge >= 0.3 is 6.09 Å². The molecule has 26 heavy (non-hydrogen) atoms. The summed E-state index contributed by atoms with van der Waals surface area (Å²) in [5.41, 5.74) is 0.807. The summed E-state index contributed by atoms with van der Waals surface area (Å²) < 4.78 is 6.20. The number of Topliss-reactive ketones (excluding diaryl/α,β-unsaturated/α-hetero) is 1. The quantitative estimate of drug-likeness (QED) is 0.532. The van der Waals surface area contributed by atoms with Crippen molar-refractivity contribution >= 4 is 46.1 Å². The first kappa shape index (κ1) is 20.7. The van der Waals surface area contributed by atoms with E-state index in [2.05, 4.69) is 27.9 Å². The summed E-state index contributed by atoms with van der Waals surface area (Å²) in [6.45, 7) is 8.04. The molecule has 1 heterocycles. The van der Waals surface area contributed by atoms with E-state index in [0.29, 0.717) is 37.2 Å². The maximum atomic E-state index is 12.5. The molecule has 0 saturated carbocycles. The van der Waals surface area contributed by atoms with E-state index in [1.54, 1.807) is 23.1 Å². The molecule has 2 amide bonds. The summed E-state index contributed by atoms with van der Waals surface area (Å²) in [7, 11) is 0. The minimum Gasteiger partial charge on any atom is -0.444 e. The number of rotatable bonds is 3. The van der Waals surface area contributed by atoms with E-state index in [0.717, 1.165) is 3.57 Å². The van der Waals surface area contributed by atoms with Crippen molar-refractivity contribution in [1.29, 1.82) is 0 Å². The first-order valence-corrected chi connectivity index (χ1v) is 9.74. The average Bonchev–Trinajstić information content (AvgIpc) is 2.55. The largest absolute Gasteiger partial charge is 0.444 e. The molecule has 0 bridgehead atoms. The Kier molecular flexibility index (Phi) is 6.65. The Morgan fingerprint density at radius 3 is 2.31 bits per heavy atom. The highest BCUT2D eigenvalue weighted by Gasteiger charge is 2.30. The smallest absolute Gasteiger partial charge is 0.410 e. The van der Waals surface area contributed by atoms with Gasteiger partial charge in [0.2, 0.25) is 5.91 Å². The molecule has 7 heteroatoms. The fraction of sp³-hybridized carbons (Fsp3) is 0.526. The number of hydrogen-bond donors (Lipinski definition) is 1. The topological polar surface area (TPSA) is 75.7 Å². The lowest BCUT2D eigenvalue weighted by molar-refractivity contribution is -0.121. The second-order valence-electron chi connectivity index (χ2n) is 7.48. The lowest BCUT2D eigenvalue weighted by Gasteiger charge is -2.33. The number of nitrogens with zero attached hydrogens (tertiary/aromatic N) is 1. The number of ketones is 1. The number of ether oxygens (including phenoxy) is 1. The molecule has 1 N–H and O–H groups in total. The van der Waals surface area contributed by atoms with Gasteiger partial charge in [0, 0.05) is 28.1 Å². The normalized spacial score (nSPS) is 15.5. The fourth-order valence-corrected chi connectivity index (χ4v) is 3.37. The summed E-state index contributed by atoms with van der Waals surface area (Å²) in [5.74, 6) is -0.199. The summed E-state index contributed by atoms with van der Waals surface area (Å²) in [6, 6.07) is 5.24. The number of hydrogen-bond acceptors (Lipinski definition) is 4. The van der Waals surface area contributed by atoms with Crippen molar-refractivity contribution in [2.45, 2.75) is 46.1 Å². The Morgan fingerprint density at radius 1 is 1.19 bits per heavy atom. The minimum atomic E-state index is -0.520. The molecule has 0 spiro atoms. The highest BCUT2D eigenvalue weighted by molar-refractivity contribution is 14.1. The predicted molar refractivity (Wildman–Crippen MR) is 108 cm³/mol. The zero-order valence-corrected chi connectivity index (χ0v) is 17.8. The Hall–Kier alpha value is -1.64. The Morgan fingerprint density at radius 2 is 1.81 bits per heavy atom. The number of benzene rings is 1. The van der Waals surface area contributed by atoms with Crippen molar-refractivity contribution in [3.63, 3.8) is 0 Å². The molecule has 0 radical (unpaired) electrons. The van der Waals surface area contributed by atoms with Crippen molar-refractivity contribution in [2.24, 2.45) is 5.92 Å². The van der Waals surface area contributed by atoms with Crippen LogP contribution in [0.25, 0.3) is 0 Å². The van der Waals surface area contributed by atoms with Gasteiger partial charge in [-0.05, 0) is 81.3 Å². The minimum absolute atomic E-state index is 0.00435. The molecule has 2 rings (SSSR count). The second-order valence-corrected chi connectivity index (χ2v) is 8.64. The van der Waals surface area contributed by atoms with Crippen molar-refractivity contribution in [3.8, 4) is 0 Å². The number of amides is 2. The number of nitrogens with one attached hydrogen (secondary N) is 1. The molecule has 142 valence electrons. The van der Waals surface area contributed by atoms with E-state index in [1.807, 2.05) is 20.8 Å². The summed E-state index contributed by atoms with van der Waals surface area (Å²) in [5, 5.41) is 2.94. The van der Waals surface area contributed by atoms with Crippen molar-refractivity contribution in [2.75, 3.05) is 18.4 Å². The van der Waals surface area contributed by atoms with Gasteiger partial charge in [-0.15, -0.1) is 0 Å². The Labute approximate surface area is 167 Å². The van der Waals surface area contributed by atoms with E-state index >= 15 is 0 Å². The molecule has 1 aromatic carbocycles. The van der Waals surface area contributed by atoms with Crippen LogP contribution in [-0.2, 0) is 9.53 Å². The molecule has 0 atom stereocenters. The van der Waals surface area contributed by atoms with Crippen molar-refractivity contribution in [1.82, 2.24) is 4.90 Å². The van der Waals surface area contributed by atoms with Crippen LogP contribution in [0.5, 0.6) is 0 Å². The molecule has 0 aliphatic carbocycles. The summed E-state index contributed by atoms with van der Waals surface area (Å²) >= 11 is 2.11. The van der Waals surface area contributed by atoms with Gasteiger partial charge in [0.25, 0.3) is 0 Å². The average molecular weight is 472 g/mol. The van der Waals surface area contributed by atoms with Crippen LogP contribution in [0, 0.1) is 9.49 Å². The number of anilines is 1. The Bertz CT molecular complexity index is 704. The number of carbonyl (C=O) groups excluding carboxylic acids is 3. The van der Waals surface area contributed by atoms with Gasteiger partial charge in [-0.2, -0.15) is 0 Å². The van der Waals surface area contributed by atoms with E-state index in [9.17, 15) is 14.4 Å². The molecule has 1 aliphatic heterocycles. The molecular formula is C19H25IN2O4. The third-order valence-corrected chi connectivity index (χ3v) is 5.04. The standard InChI is InChI=1S/C19H25IN2O4/c1-12(23)14-5-6-16(15(20)11-14)21-17(24)13-7-9-22(10-8-13)18(25)26-19(2,3)4/h5-6,11,13H,7-10H2,1-4H3,(H,21,24). The van der Waals surface area contributed by atoms with E-state index < -0.39 is 5.60 Å². The van der Waals surface area contributed by atoms with Crippen LogP contribution in [-0.4, -0.2) is 41.4 Å². The monoisotopic (exact) mass is 472 g/mol. The van der Waals surface area contributed by atoms with Crippen LogP contribution >= 0.6 is 22.6 Å². The zero-order valence-electron chi connectivity index (χ0n) is 15.6. The number of carbonyl (C=O) groups is 3. The lowest BCUT2D eigenvalue weighted by Crippen LogP contribution is -2.43. The highest BCUT2D eigenvalue weighted by Crippen LogP contribution is 2.24. The van der Waals surface area contributed by atoms with Gasteiger partial charge in [0.05, 0.1) is 5.69 Å². The van der Waals surface area contributed by atoms with E-state index in [-0.39, 0.29) is 23.7 Å². The van der Waals surface area contributed by atoms with Gasteiger partial charge in [0.15, 0.2) is 5.78 Å². The second kappa shape index (κ2) is 8.37. The van der Waals surface area contributed by atoms with Crippen molar-refractivity contribution in [3.05, 3.63) is 27.3 Å². The highest BCUT2D eigenvalue weighted by atomic mass is 127. The third kappa shape index (κ3) is 5.69. The number of piperidine rings is 1. The van der Waals surface area contributed by atoms with E-state index in [1.165, 1.54) is 6.92 Å². The molecule has 1 aliphatic rings. The SMILES string of the molecule is CC(=O)c1ccc(NC(=O)C2CCN(C(=O)OC(C)(C)C)CC2)c(I)c1. The van der Waals surface area contributed by atoms with Crippen LogP contribution in [0.2, 0.25) is 0 Å². The Balaban J connectivity index is 1.91. The molecule has 1 aromatic rings. The van der Waals surface area contributed by atoms with Crippen LogP contribution in [0.15, 0.2) is 18.2 Å². The first-order valence-electron chi connectivity index (χ1n) is 8.66.